The molecule has 1 unspecified atom stereocenters. The third kappa shape index (κ3) is 6.57. The predicted molar refractivity (Wildman–Crippen MR) is 76.3 cm³/mol. The van der Waals surface area contributed by atoms with Gasteiger partial charge in [0.05, 0.1) is 6.61 Å². The van der Waals surface area contributed by atoms with Crippen LogP contribution in [0.25, 0.3) is 0 Å². The van der Waals surface area contributed by atoms with Gasteiger partial charge in [0.2, 0.25) is 0 Å². The SMILES string of the molecule is CCCCOCC(O)COc1ccc([C@@H](C)N)cc1. The second-order valence-corrected chi connectivity index (χ2v) is 4.75. The summed E-state index contributed by atoms with van der Waals surface area (Å²) in [6.07, 6.45) is 1.52. The van der Waals surface area contributed by atoms with Crippen LogP contribution in [0.2, 0.25) is 0 Å². The fraction of sp³-hybridized carbons (Fsp3) is 0.600. The Morgan fingerprint density at radius 2 is 1.89 bits per heavy atom. The number of benzene rings is 1. The first-order valence-corrected chi connectivity index (χ1v) is 6.87. The standard InChI is InChI=1S/C15H25NO3/c1-3-4-9-18-10-14(17)11-19-15-7-5-13(6-8-15)12(2)16/h5-8,12,14,17H,3-4,9-11,16H2,1-2H3/t12-,14?/m1/s1. The quantitative estimate of drug-likeness (QED) is 0.674. The van der Waals surface area contributed by atoms with E-state index < -0.39 is 6.10 Å². The summed E-state index contributed by atoms with van der Waals surface area (Å²) < 4.78 is 10.8. The summed E-state index contributed by atoms with van der Waals surface area (Å²) in [5, 5.41) is 9.68. The number of rotatable bonds is 9. The number of ether oxygens (including phenoxy) is 2. The van der Waals surface area contributed by atoms with E-state index in [9.17, 15) is 5.11 Å². The van der Waals surface area contributed by atoms with Crippen molar-refractivity contribution in [2.24, 2.45) is 5.73 Å². The van der Waals surface area contributed by atoms with Crippen molar-refractivity contribution in [2.75, 3.05) is 19.8 Å². The minimum atomic E-state index is -0.593. The van der Waals surface area contributed by atoms with Gasteiger partial charge in [0, 0.05) is 12.6 Å². The Labute approximate surface area is 115 Å². The van der Waals surface area contributed by atoms with Crippen LogP contribution in [0.3, 0.4) is 0 Å². The van der Waals surface area contributed by atoms with E-state index >= 15 is 0 Å². The average molecular weight is 267 g/mol. The molecule has 1 aromatic rings. The summed E-state index contributed by atoms with van der Waals surface area (Å²) in [7, 11) is 0. The summed E-state index contributed by atoms with van der Waals surface area (Å²) >= 11 is 0. The molecule has 4 nitrogen and oxygen atoms in total. The zero-order chi connectivity index (χ0) is 14.1. The lowest BCUT2D eigenvalue weighted by molar-refractivity contribution is 0.0113. The van der Waals surface area contributed by atoms with Crippen molar-refractivity contribution in [2.45, 2.75) is 38.8 Å². The Morgan fingerprint density at radius 1 is 1.21 bits per heavy atom. The minimum Gasteiger partial charge on any atom is -0.491 e. The predicted octanol–water partition coefficient (Wildman–Crippen LogP) is 2.26. The maximum Gasteiger partial charge on any atom is 0.119 e. The third-order valence-electron chi connectivity index (χ3n) is 2.80. The van der Waals surface area contributed by atoms with Crippen LogP contribution in [0.4, 0.5) is 0 Å². The molecule has 4 heteroatoms. The number of aliphatic hydroxyl groups is 1. The lowest BCUT2D eigenvalue weighted by Gasteiger charge is -2.13. The van der Waals surface area contributed by atoms with E-state index in [2.05, 4.69) is 6.92 Å². The molecule has 0 aliphatic heterocycles. The van der Waals surface area contributed by atoms with E-state index in [-0.39, 0.29) is 12.6 Å². The molecule has 1 aromatic carbocycles. The van der Waals surface area contributed by atoms with Crippen LogP contribution in [-0.4, -0.2) is 31.0 Å². The molecule has 0 heterocycles. The smallest absolute Gasteiger partial charge is 0.119 e. The molecule has 0 fully saturated rings. The second-order valence-electron chi connectivity index (χ2n) is 4.75. The molecule has 0 aromatic heterocycles. The van der Waals surface area contributed by atoms with Gasteiger partial charge in [-0.3, -0.25) is 0 Å². The molecule has 0 saturated heterocycles. The van der Waals surface area contributed by atoms with Crippen molar-refractivity contribution in [1.82, 2.24) is 0 Å². The molecule has 0 bridgehead atoms. The van der Waals surface area contributed by atoms with Gasteiger partial charge in [0.1, 0.15) is 18.5 Å². The highest BCUT2D eigenvalue weighted by Crippen LogP contribution is 2.16. The molecule has 0 radical (unpaired) electrons. The molecule has 0 spiro atoms. The largest absolute Gasteiger partial charge is 0.491 e. The highest BCUT2D eigenvalue weighted by molar-refractivity contribution is 5.28. The normalized spacial score (nSPS) is 14.1. The van der Waals surface area contributed by atoms with Crippen molar-refractivity contribution in [3.8, 4) is 5.75 Å². The molecule has 2 atom stereocenters. The van der Waals surface area contributed by atoms with Gasteiger partial charge in [-0.1, -0.05) is 25.5 Å². The van der Waals surface area contributed by atoms with Gasteiger partial charge < -0.3 is 20.3 Å². The van der Waals surface area contributed by atoms with Gasteiger partial charge in [0.15, 0.2) is 0 Å². The number of aliphatic hydroxyl groups excluding tert-OH is 1. The first kappa shape index (κ1) is 16.0. The monoisotopic (exact) mass is 267 g/mol. The molecular formula is C15H25NO3. The lowest BCUT2D eigenvalue weighted by Crippen LogP contribution is -2.23. The Morgan fingerprint density at radius 3 is 2.47 bits per heavy atom. The van der Waals surface area contributed by atoms with E-state index in [0.717, 1.165) is 24.2 Å². The van der Waals surface area contributed by atoms with Crippen LogP contribution in [0.5, 0.6) is 5.75 Å². The Balaban J connectivity index is 2.24. The highest BCUT2D eigenvalue weighted by Gasteiger charge is 2.06. The number of hydrogen-bond acceptors (Lipinski definition) is 4. The molecule has 0 amide bonds. The summed E-state index contributed by atoms with van der Waals surface area (Å²) in [6, 6.07) is 7.62. The number of hydrogen-bond donors (Lipinski definition) is 2. The topological polar surface area (TPSA) is 64.7 Å². The van der Waals surface area contributed by atoms with Gasteiger partial charge in [0.25, 0.3) is 0 Å². The van der Waals surface area contributed by atoms with E-state index in [4.69, 9.17) is 15.2 Å². The van der Waals surface area contributed by atoms with Gasteiger partial charge in [-0.2, -0.15) is 0 Å². The Kier molecular flexibility index (Phi) is 7.48. The van der Waals surface area contributed by atoms with E-state index in [1.54, 1.807) is 0 Å². The van der Waals surface area contributed by atoms with Crippen molar-refractivity contribution >= 4 is 0 Å². The van der Waals surface area contributed by atoms with Crippen molar-refractivity contribution in [3.63, 3.8) is 0 Å². The fourth-order valence-corrected chi connectivity index (χ4v) is 1.57. The summed E-state index contributed by atoms with van der Waals surface area (Å²) in [6.45, 7) is 5.29. The number of nitrogens with two attached hydrogens (primary N) is 1. The maximum absolute atomic E-state index is 9.68. The molecule has 19 heavy (non-hydrogen) atoms. The van der Waals surface area contributed by atoms with E-state index in [0.29, 0.717) is 13.2 Å². The molecule has 0 saturated carbocycles. The number of unbranched alkanes of at least 4 members (excludes halogenated alkanes) is 1. The molecule has 0 aliphatic rings. The highest BCUT2D eigenvalue weighted by atomic mass is 16.5. The first-order valence-electron chi connectivity index (χ1n) is 6.87. The zero-order valence-corrected chi connectivity index (χ0v) is 11.8. The van der Waals surface area contributed by atoms with Crippen LogP contribution >= 0.6 is 0 Å². The van der Waals surface area contributed by atoms with Crippen molar-refractivity contribution in [3.05, 3.63) is 29.8 Å². The van der Waals surface area contributed by atoms with Crippen LogP contribution < -0.4 is 10.5 Å². The summed E-state index contributed by atoms with van der Waals surface area (Å²) in [5.41, 5.74) is 6.83. The Hall–Kier alpha value is -1.10. The average Bonchev–Trinajstić information content (AvgIpc) is 2.42. The minimum absolute atomic E-state index is 0.0200. The fourth-order valence-electron chi connectivity index (χ4n) is 1.57. The molecular weight excluding hydrogens is 242 g/mol. The molecule has 0 aliphatic carbocycles. The van der Waals surface area contributed by atoms with Crippen LogP contribution in [0.15, 0.2) is 24.3 Å². The third-order valence-corrected chi connectivity index (χ3v) is 2.80. The maximum atomic E-state index is 9.68. The van der Waals surface area contributed by atoms with Gasteiger partial charge in [-0.05, 0) is 31.0 Å². The van der Waals surface area contributed by atoms with Crippen LogP contribution in [0.1, 0.15) is 38.3 Å². The lowest BCUT2D eigenvalue weighted by atomic mass is 10.1. The van der Waals surface area contributed by atoms with Crippen molar-refractivity contribution < 1.29 is 14.6 Å². The molecule has 1 rings (SSSR count). The Bertz CT molecular complexity index is 338. The van der Waals surface area contributed by atoms with Crippen molar-refractivity contribution in [1.29, 1.82) is 0 Å². The zero-order valence-electron chi connectivity index (χ0n) is 11.8. The summed E-state index contributed by atoms with van der Waals surface area (Å²) in [4.78, 5) is 0. The van der Waals surface area contributed by atoms with E-state index in [1.165, 1.54) is 0 Å². The first-order chi connectivity index (χ1) is 9.13. The molecule has 3 N–H and O–H groups in total. The summed E-state index contributed by atoms with van der Waals surface area (Å²) in [5.74, 6) is 0.733. The van der Waals surface area contributed by atoms with Gasteiger partial charge >= 0.3 is 0 Å². The molecule has 108 valence electrons. The second kappa shape index (κ2) is 8.91. The van der Waals surface area contributed by atoms with Crippen LogP contribution in [0, 0.1) is 0 Å². The van der Waals surface area contributed by atoms with E-state index in [1.807, 2.05) is 31.2 Å². The van der Waals surface area contributed by atoms with Gasteiger partial charge in [-0.15, -0.1) is 0 Å². The van der Waals surface area contributed by atoms with Gasteiger partial charge in [-0.25, -0.2) is 0 Å². The van der Waals surface area contributed by atoms with Crippen LogP contribution in [-0.2, 0) is 4.74 Å².